The number of rotatable bonds is 22. The van der Waals surface area contributed by atoms with Crippen LogP contribution in [0.3, 0.4) is 0 Å². The van der Waals surface area contributed by atoms with Crippen molar-refractivity contribution >= 4 is 13.5 Å². The summed E-state index contributed by atoms with van der Waals surface area (Å²) in [5, 5.41) is 9.31. The zero-order valence-electron chi connectivity index (χ0n) is 21.6. The molecule has 1 unspecified atom stereocenters. The van der Waals surface area contributed by atoms with Gasteiger partial charge in [-0.25, -0.2) is 0 Å². The van der Waals surface area contributed by atoms with Crippen LogP contribution in [0.15, 0.2) is 0 Å². The molecule has 0 aliphatic rings. The highest BCUT2D eigenvalue weighted by Gasteiger charge is 2.24. The first-order chi connectivity index (χ1) is 15.3. The minimum Gasteiger partial charge on any atom is -0.392 e. The second-order valence-electron chi connectivity index (χ2n) is 8.77. The number of aliphatic hydroxyl groups excluding tert-OH is 1. The van der Waals surface area contributed by atoms with E-state index in [0.717, 1.165) is 12.8 Å². The van der Waals surface area contributed by atoms with Crippen molar-refractivity contribution in [1.82, 2.24) is 0 Å². The first-order valence-electron chi connectivity index (χ1n) is 13.0. The molecule has 6 nitrogen and oxygen atoms in total. The van der Waals surface area contributed by atoms with Gasteiger partial charge in [0.05, 0.1) is 12.3 Å². The molecule has 0 heterocycles. The Bertz CT molecular complexity index is 440. The lowest BCUT2D eigenvalue weighted by molar-refractivity contribution is -0.118. The van der Waals surface area contributed by atoms with E-state index >= 15 is 0 Å². The number of nitrogens with two attached hydrogens (primary N) is 1. The number of carbonyl (C=O) groups is 1. The summed E-state index contributed by atoms with van der Waals surface area (Å²) < 4.78 is 20.8. The van der Waals surface area contributed by atoms with E-state index in [2.05, 4.69) is 16.0 Å². The summed E-state index contributed by atoms with van der Waals surface area (Å²) in [4.78, 5) is 10.6. The largest absolute Gasteiger partial charge is 0.392 e. The summed E-state index contributed by atoms with van der Waals surface area (Å²) in [5.74, 6) is -0.153. The first kappa shape index (κ1) is 33.8. The zero-order chi connectivity index (χ0) is 24.5. The van der Waals surface area contributed by atoms with Gasteiger partial charge in [0, 0.05) is 20.6 Å². The van der Waals surface area contributed by atoms with E-state index in [1.54, 1.807) is 0 Å². The molecule has 0 saturated carbocycles. The highest BCUT2D eigenvalue weighted by molar-refractivity contribution is 7.53. The average molecular weight is 480 g/mol. The lowest BCUT2D eigenvalue weighted by atomic mass is 10.0. The van der Waals surface area contributed by atoms with Gasteiger partial charge >= 0.3 is 7.60 Å². The van der Waals surface area contributed by atoms with Crippen LogP contribution < -0.4 is 5.73 Å². The Balaban J connectivity index is 0. The molecule has 0 bridgehead atoms. The number of unbranched alkanes of at least 4 members (excludes halogenated alkanes) is 14. The Hall–Kier alpha value is -0.420. The number of hydrogen-bond acceptors (Lipinski definition) is 5. The highest BCUT2D eigenvalue weighted by Crippen LogP contribution is 2.47. The van der Waals surface area contributed by atoms with E-state index in [4.69, 9.17) is 5.73 Å². The minimum atomic E-state index is -3.02. The molecule has 0 rings (SSSR count). The van der Waals surface area contributed by atoms with Crippen LogP contribution in [0.4, 0.5) is 0 Å². The number of amides is 1. The maximum absolute atomic E-state index is 11.4. The van der Waals surface area contributed by atoms with E-state index in [1.807, 2.05) is 6.92 Å². The molecule has 0 aromatic carbocycles. The Morgan fingerprint density at radius 2 is 1.12 bits per heavy atom. The Kier molecular flexibility index (Phi) is 26.6. The smallest absolute Gasteiger partial charge is 0.332 e. The van der Waals surface area contributed by atoms with Crippen molar-refractivity contribution in [1.29, 1.82) is 0 Å². The van der Waals surface area contributed by atoms with Gasteiger partial charge in [-0.1, -0.05) is 110 Å². The van der Waals surface area contributed by atoms with Crippen LogP contribution in [0.5, 0.6) is 0 Å². The van der Waals surface area contributed by atoms with Crippen LogP contribution in [-0.4, -0.2) is 37.5 Å². The van der Waals surface area contributed by atoms with Crippen molar-refractivity contribution in [2.75, 3.05) is 20.4 Å². The van der Waals surface area contributed by atoms with Gasteiger partial charge in [-0.2, -0.15) is 0 Å². The molecule has 0 aliphatic heterocycles. The molecule has 0 radical (unpaired) electrons. The van der Waals surface area contributed by atoms with Crippen molar-refractivity contribution in [2.45, 2.75) is 136 Å². The summed E-state index contributed by atoms with van der Waals surface area (Å²) in [6.07, 6.45) is 21.8. The van der Waals surface area contributed by atoms with Gasteiger partial charge in [-0.15, -0.1) is 0 Å². The molecule has 0 spiro atoms. The van der Waals surface area contributed by atoms with Crippen LogP contribution in [0.1, 0.15) is 129 Å². The van der Waals surface area contributed by atoms with Crippen molar-refractivity contribution < 1.29 is 23.5 Å². The third-order valence-corrected chi connectivity index (χ3v) is 7.62. The summed E-state index contributed by atoms with van der Waals surface area (Å²) in [6, 6.07) is 0. The summed E-state index contributed by atoms with van der Waals surface area (Å²) >= 11 is 0. The van der Waals surface area contributed by atoms with Gasteiger partial charge in [0.1, 0.15) is 0 Å². The monoisotopic (exact) mass is 479 g/mol. The van der Waals surface area contributed by atoms with Gasteiger partial charge in [0.2, 0.25) is 5.91 Å². The molecule has 1 atom stereocenters. The average Bonchev–Trinajstić information content (AvgIpc) is 2.76. The van der Waals surface area contributed by atoms with Crippen molar-refractivity contribution in [3.05, 3.63) is 0 Å². The zero-order valence-corrected chi connectivity index (χ0v) is 22.5. The highest BCUT2D eigenvalue weighted by atomic mass is 31.2. The van der Waals surface area contributed by atoms with Crippen LogP contribution >= 0.6 is 7.60 Å². The second-order valence-corrected chi connectivity index (χ2v) is 11.1. The SMILES string of the molecule is CCCC(O)CP(=O)(OC)OC.CCCCCCCCCCCCCCCCCC(N)=O. The van der Waals surface area contributed by atoms with Crippen LogP contribution in [-0.2, 0) is 18.4 Å². The lowest BCUT2D eigenvalue weighted by Crippen LogP contribution is -2.13. The number of aliphatic hydroxyl groups is 1. The number of hydrogen-bond donors (Lipinski definition) is 2. The maximum Gasteiger partial charge on any atom is 0.332 e. The first-order valence-corrected chi connectivity index (χ1v) is 14.7. The Labute approximate surface area is 198 Å². The fourth-order valence-electron chi connectivity index (χ4n) is 3.58. The van der Waals surface area contributed by atoms with E-state index in [0.29, 0.717) is 12.8 Å². The molecule has 0 saturated heterocycles. The molecule has 0 aliphatic carbocycles. The maximum atomic E-state index is 11.4. The van der Waals surface area contributed by atoms with E-state index in [9.17, 15) is 14.5 Å². The van der Waals surface area contributed by atoms with Crippen LogP contribution in [0.2, 0.25) is 0 Å². The molecule has 194 valence electrons. The fraction of sp³-hybridized carbons (Fsp3) is 0.960. The topological polar surface area (TPSA) is 98.8 Å². The molecular weight excluding hydrogens is 425 g/mol. The Morgan fingerprint density at radius 3 is 1.44 bits per heavy atom. The van der Waals surface area contributed by atoms with E-state index < -0.39 is 13.7 Å². The standard InChI is InChI=1S/C18H37NO.C7H17O4P/c1-2-3-4-5-6-7-8-9-10-11-12-13-14-15-16-17-18(19)20;1-4-5-7(8)6-12(9,10-2)11-3/h2-17H2,1H3,(H2,19,20);7-8H,4-6H2,1-3H3. The number of carbonyl (C=O) groups excluding carboxylic acids is 1. The minimum absolute atomic E-state index is 0.0772. The van der Waals surface area contributed by atoms with Crippen molar-refractivity contribution in [3.8, 4) is 0 Å². The summed E-state index contributed by atoms with van der Waals surface area (Å²) in [6.45, 7) is 4.23. The molecule has 7 heteroatoms. The molecule has 3 N–H and O–H groups in total. The van der Waals surface area contributed by atoms with Gasteiger partial charge < -0.3 is 19.9 Å². The van der Waals surface area contributed by atoms with Crippen LogP contribution in [0, 0.1) is 0 Å². The molecule has 1 amide bonds. The van der Waals surface area contributed by atoms with Gasteiger partial charge in [0.15, 0.2) is 0 Å². The van der Waals surface area contributed by atoms with E-state index in [-0.39, 0.29) is 12.1 Å². The normalized spacial score (nSPS) is 12.3. The predicted octanol–water partition coefficient (Wildman–Crippen LogP) is 7.37. The van der Waals surface area contributed by atoms with Gasteiger partial charge in [-0.05, 0) is 12.8 Å². The van der Waals surface area contributed by atoms with Gasteiger partial charge in [0.25, 0.3) is 0 Å². The summed E-state index contributed by atoms with van der Waals surface area (Å²) in [7, 11) is -0.372. The summed E-state index contributed by atoms with van der Waals surface area (Å²) in [5.41, 5.74) is 5.11. The van der Waals surface area contributed by atoms with E-state index in [1.165, 1.54) is 104 Å². The van der Waals surface area contributed by atoms with Crippen molar-refractivity contribution in [2.24, 2.45) is 5.73 Å². The third kappa shape index (κ3) is 25.8. The fourth-order valence-corrected chi connectivity index (χ4v) is 4.72. The third-order valence-electron chi connectivity index (χ3n) is 5.64. The molecule has 0 aromatic heterocycles. The molecule has 0 aromatic rings. The molecular formula is C25H54NO5P. The quantitative estimate of drug-likeness (QED) is 0.125. The van der Waals surface area contributed by atoms with Crippen molar-refractivity contribution in [3.63, 3.8) is 0 Å². The molecule has 32 heavy (non-hydrogen) atoms. The second kappa shape index (κ2) is 25.2. The lowest BCUT2D eigenvalue weighted by Gasteiger charge is -2.16. The van der Waals surface area contributed by atoms with Crippen LogP contribution in [0.25, 0.3) is 0 Å². The number of primary amides is 1. The predicted molar refractivity (Wildman–Crippen MR) is 136 cm³/mol. The van der Waals surface area contributed by atoms with Gasteiger partial charge in [-0.3, -0.25) is 9.36 Å². The Morgan fingerprint density at radius 1 is 0.750 bits per heavy atom. The molecule has 0 fully saturated rings.